The van der Waals surface area contributed by atoms with Gasteiger partial charge in [-0.2, -0.15) is 0 Å². The molecule has 0 bridgehead atoms. The van der Waals surface area contributed by atoms with Gasteiger partial charge in [0, 0.05) is 23.1 Å². The summed E-state index contributed by atoms with van der Waals surface area (Å²) in [5, 5.41) is 0. The van der Waals surface area contributed by atoms with E-state index in [-0.39, 0.29) is 11.5 Å². The van der Waals surface area contributed by atoms with Crippen molar-refractivity contribution in [2.24, 2.45) is 11.1 Å². The van der Waals surface area contributed by atoms with E-state index in [2.05, 4.69) is 48.5 Å². The molecule has 2 aromatic rings. The zero-order valence-corrected chi connectivity index (χ0v) is 13.5. The van der Waals surface area contributed by atoms with Crippen LogP contribution in [0.4, 0.5) is 0 Å². The van der Waals surface area contributed by atoms with Crippen LogP contribution in [-0.2, 0) is 13.0 Å². The zero-order valence-electron chi connectivity index (χ0n) is 13.5. The number of rotatable bonds is 2. The van der Waals surface area contributed by atoms with Crippen LogP contribution in [0.25, 0.3) is 0 Å². The Balaban J connectivity index is 2.00. The first-order chi connectivity index (χ1) is 9.85. The molecule has 1 unspecified atom stereocenters. The minimum atomic E-state index is 0.161. The first-order valence-corrected chi connectivity index (χ1v) is 7.73. The topological polar surface area (TPSA) is 43.8 Å². The predicted octanol–water partition coefficient (Wildman–Crippen LogP) is 3.52. The molecule has 0 amide bonds. The second kappa shape index (κ2) is 4.99. The summed E-state index contributed by atoms with van der Waals surface area (Å²) >= 11 is 0. The van der Waals surface area contributed by atoms with E-state index in [1.165, 1.54) is 17.0 Å². The van der Waals surface area contributed by atoms with E-state index in [1.807, 2.05) is 13.0 Å². The van der Waals surface area contributed by atoms with Gasteiger partial charge < -0.3 is 10.3 Å². The monoisotopic (exact) mass is 283 g/mol. The quantitative estimate of drug-likeness (QED) is 0.916. The number of hydrogen-bond donors (Lipinski definition) is 1. The van der Waals surface area contributed by atoms with E-state index in [4.69, 9.17) is 5.73 Å². The van der Waals surface area contributed by atoms with Crippen molar-refractivity contribution < 1.29 is 0 Å². The van der Waals surface area contributed by atoms with Crippen LogP contribution in [0.2, 0.25) is 0 Å². The Morgan fingerprint density at radius 2 is 2.10 bits per heavy atom. The summed E-state index contributed by atoms with van der Waals surface area (Å²) in [6.45, 7) is 9.68. The Hall–Kier alpha value is -1.61. The van der Waals surface area contributed by atoms with Crippen molar-refractivity contribution in [3.05, 3.63) is 52.6 Å². The highest BCUT2D eigenvalue weighted by Crippen LogP contribution is 2.41. The Morgan fingerprint density at radius 1 is 1.33 bits per heavy atom. The van der Waals surface area contributed by atoms with Gasteiger partial charge in [-0.05, 0) is 55.9 Å². The molecule has 0 spiro atoms. The molecular formula is C18H25N3. The number of fused-ring (bicyclic) bond motifs is 1. The molecule has 0 saturated carbocycles. The van der Waals surface area contributed by atoms with Crippen molar-refractivity contribution in [1.82, 2.24) is 9.55 Å². The fourth-order valence-corrected chi connectivity index (χ4v) is 3.57. The minimum Gasteiger partial charge on any atom is -0.343 e. The van der Waals surface area contributed by atoms with Crippen molar-refractivity contribution in [2.75, 3.05) is 0 Å². The van der Waals surface area contributed by atoms with Gasteiger partial charge in [0.2, 0.25) is 0 Å². The average molecular weight is 283 g/mol. The maximum atomic E-state index is 6.39. The minimum absolute atomic E-state index is 0.161. The van der Waals surface area contributed by atoms with Gasteiger partial charge in [0.15, 0.2) is 0 Å². The first kappa shape index (κ1) is 14.3. The van der Waals surface area contributed by atoms with Gasteiger partial charge in [0.1, 0.15) is 0 Å². The highest BCUT2D eigenvalue weighted by Gasteiger charge is 2.33. The highest BCUT2D eigenvalue weighted by molar-refractivity contribution is 5.34. The van der Waals surface area contributed by atoms with Gasteiger partial charge in [-0.15, -0.1) is 0 Å². The van der Waals surface area contributed by atoms with E-state index in [0.29, 0.717) is 0 Å². The first-order valence-electron chi connectivity index (χ1n) is 7.73. The van der Waals surface area contributed by atoms with Crippen LogP contribution in [-0.4, -0.2) is 9.55 Å². The molecule has 0 radical (unpaired) electrons. The van der Waals surface area contributed by atoms with Gasteiger partial charge >= 0.3 is 0 Å². The molecule has 1 aliphatic carbocycles. The van der Waals surface area contributed by atoms with E-state index >= 15 is 0 Å². The lowest BCUT2D eigenvalue weighted by Crippen LogP contribution is -2.30. The molecule has 112 valence electrons. The largest absolute Gasteiger partial charge is 0.343 e. The Kier molecular flexibility index (Phi) is 3.40. The van der Waals surface area contributed by atoms with Crippen LogP contribution in [0.15, 0.2) is 24.3 Å². The Morgan fingerprint density at radius 3 is 2.81 bits per heavy atom. The van der Waals surface area contributed by atoms with Gasteiger partial charge in [0.25, 0.3) is 0 Å². The molecule has 3 heteroatoms. The SMILES string of the molecule is Cc1cccc(Cn2c(C)cc3c2CC(C)(C)CC3N)n1. The summed E-state index contributed by atoms with van der Waals surface area (Å²) in [5.41, 5.74) is 12.9. The van der Waals surface area contributed by atoms with Gasteiger partial charge in [-0.25, -0.2) is 0 Å². The lowest BCUT2D eigenvalue weighted by atomic mass is 9.74. The normalized spacial score (nSPS) is 20.3. The van der Waals surface area contributed by atoms with Gasteiger partial charge in [0.05, 0.1) is 12.2 Å². The lowest BCUT2D eigenvalue weighted by molar-refractivity contribution is 0.275. The maximum absolute atomic E-state index is 6.39. The average Bonchev–Trinajstić information content (AvgIpc) is 2.66. The van der Waals surface area contributed by atoms with E-state index < -0.39 is 0 Å². The highest BCUT2D eigenvalue weighted by atomic mass is 15.0. The fourth-order valence-electron chi connectivity index (χ4n) is 3.57. The number of aromatic nitrogens is 2. The van der Waals surface area contributed by atoms with Crippen molar-refractivity contribution in [1.29, 1.82) is 0 Å². The van der Waals surface area contributed by atoms with E-state index in [0.717, 1.165) is 30.8 Å². The maximum Gasteiger partial charge on any atom is 0.0648 e. The molecule has 1 aliphatic rings. The molecule has 0 aromatic carbocycles. The summed E-state index contributed by atoms with van der Waals surface area (Å²) in [4.78, 5) is 4.64. The fraction of sp³-hybridized carbons (Fsp3) is 0.500. The molecule has 3 rings (SSSR count). The van der Waals surface area contributed by atoms with Gasteiger partial charge in [-0.1, -0.05) is 19.9 Å². The summed E-state index contributed by atoms with van der Waals surface area (Å²) in [6, 6.07) is 8.66. The second-order valence-electron chi connectivity index (χ2n) is 7.20. The van der Waals surface area contributed by atoms with Crippen LogP contribution in [0.1, 0.15) is 54.6 Å². The smallest absolute Gasteiger partial charge is 0.0648 e. The molecule has 2 aromatic heterocycles. The predicted molar refractivity (Wildman–Crippen MR) is 86.3 cm³/mol. The van der Waals surface area contributed by atoms with Crippen LogP contribution in [0, 0.1) is 19.3 Å². The molecule has 2 N–H and O–H groups in total. The summed E-state index contributed by atoms with van der Waals surface area (Å²) < 4.78 is 2.40. The van der Waals surface area contributed by atoms with Crippen LogP contribution in [0.5, 0.6) is 0 Å². The number of hydrogen-bond acceptors (Lipinski definition) is 2. The van der Waals surface area contributed by atoms with Crippen molar-refractivity contribution in [2.45, 2.75) is 53.1 Å². The lowest BCUT2D eigenvalue weighted by Gasteiger charge is -2.34. The summed E-state index contributed by atoms with van der Waals surface area (Å²) in [5.74, 6) is 0. The number of pyridine rings is 1. The molecule has 1 atom stereocenters. The van der Waals surface area contributed by atoms with Crippen molar-refractivity contribution >= 4 is 0 Å². The summed E-state index contributed by atoms with van der Waals surface area (Å²) in [7, 11) is 0. The van der Waals surface area contributed by atoms with E-state index in [1.54, 1.807) is 0 Å². The van der Waals surface area contributed by atoms with Crippen LogP contribution < -0.4 is 5.73 Å². The zero-order chi connectivity index (χ0) is 15.2. The van der Waals surface area contributed by atoms with Crippen LogP contribution >= 0.6 is 0 Å². The molecule has 0 fully saturated rings. The number of nitrogens with two attached hydrogens (primary N) is 1. The summed E-state index contributed by atoms with van der Waals surface area (Å²) in [6.07, 6.45) is 2.15. The molecule has 2 heterocycles. The third-order valence-electron chi connectivity index (χ3n) is 4.53. The van der Waals surface area contributed by atoms with E-state index in [9.17, 15) is 0 Å². The Labute approximate surface area is 127 Å². The molecule has 0 aliphatic heterocycles. The van der Waals surface area contributed by atoms with Gasteiger partial charge in [-0.3, -0.25) is 4.98 Å². The third kappa shape index (κ3) is 2.75. The van der Waals surface area contributed by atoms with Crippen molar-refractivity contribution in [3.8, 4) is 0 Å². The number of nitrogens with zero attached hydrogens (tertiary/aromatic N) is 2. The molecule has 3 nitrogen and oxygen atoms in total. The molecule has 0 saturated heterocycles. The Bertz CT molecular complexity index is 667. The molecule has 21 heavy (non-hydrogen) atoms. The third-order valence-corrected chi connectivity index (χ3v) is 4.53. The standard InChI is InChI=1S/C18H25N3/c1-12-6-5-7-14(20-12)11-21-13(2)8-15-16(19)9-18(3,4)10-17(15)21/h5-8,16H,9-11,19H2,1-4H3. The van der Waals surface area contributed by atoms with Crippen LogP contribution in [0.3, 0.4) is 0 Å². The molecular weight excluding hydrogens is 258 g/mol. The van der Waals surface area contributed by atoms with Crippen molar-refractivity contribution in [3.63, 3.8) is 0 Å². The number of aryl methyl sites for hydroxylation is 2. The second-order valence-corrected chi connectivity index (χ2v) is 7.20.